The third-order valence-electron chi connectivity index (χ3n) is 4.00. The number of nitrogens with zero attached hydrogens (tertiary/aromatic N) is 3. The molecule has 2 aromatic carbocycles. The Labute approximate surface area is 166 Å². The normalized spacial score (nSPS) is 10.8. The number of benzene rings is 2. The number of ether oxygens (including phenoxy) is 1. The van der Waals surface area contributed by atoms with E-state index in [9.17, 15) is 0 Å². The SMILES string of the molecule is COc1ccc2nc(-c3cccnc3)nc(Nc3ccc(Cl)c(Cl)c3)c2c1. The molecule has 7 heteroatoms. The summed E-state index contributed by atoms with van der Waals surface area (Å²) in [5.41, 5.74) is 2.38. The van der Waals surface area contributed by atoms with Crippen LogP contribution in [-0.2, 0) is 0 Å². The molecular formula is C20H14Cl2N4O. The number of hydrogen-bond donors (Lipinski definition) is 1. The highest BCUT2D eigenvalue weighted by molar-refractivity contribution is 6.42. The van der Waals surface area contributed by atoms with Crippen molar-refractivity contribution in [2.45, 2.75) is 0 Å². The van der Waals surface area contributed by atoms with Crippen LogP contribution in [0.5, 0.6) is 5.75 Å². The van der Waals surface area contributed by atoms with Crippen LogP contribution in [0.3, 0.4) is 0 Å². The number of aromatic nitrogens is 3. The Morgan fingerprint density at radius 1 is 0.963 bits per heavy atom. The maximum Gasteiger partial charge on any atom is 0.163 e. The van der Waals surface area contributed by atoms with E-state index >= 15 is 0 Å². The number of fused-ring (bicyclic) bond motifs is 1. The van der Waals surface area contributed by atoms with Gasteiger partial charge in [-0.3, -0.25) is 4.98 Å². The molecule has 0 saturated carbocycles. The summed E-state index contributed by atoms with van der Waals surface area (Å²) in [6, 6.07) is 14.7. The van der Waals surface area contributed by atoms with E-state index in [2.05, 4.69) is 15.3 Å². The summed E-state index contributed by atoms with van der Waals surface area (Å²) in [6.45, 7) is 0. The molecule has 0 bridgehead atoms. The predicted molar refractivity (Wildman–Crippen MR) is 109 cm³/mol. The Hall–Kier alpha value is -2.89. The van der Waals surface area contributed by atoms with E-state index in [1.165, 1.54) is 0 Å². The molecule has 0 saturated heterocycles. The molecule has 134 valence electrons. The van der Waals surface area contributed by atoms with Gasteiger partial charge in [0.15, 0.2) is 5.82 Å². The molecule has 0 amide bonds. The first-order valence-corrected chi connectivity index (χ1v) is 8.88. The van der Waals surface area contributed by atoms with Crippen LogP contribution < -0.4 is 10.1 Å². The first kappa shape index (κ1) is 17.5. The van der Waals surface area contributed by atoms with Crippen molar-refractivity contribution < 1.29 is 4.74 Å². The lowest BCUT2D eigenvalue weighted by Crippen LogP contribution is -2.00. The van der Waals surface area contributed by atoms with Crippen molar-refractivity contribution in [3.63, 3.8) is 0 Å². The lowest BCUT2D eigenvalue weighted by molar-refractivity contribution is 0.415. The van der Waals surface area contributed by atoms with Crippen LogP contribution in [0.1, 0.15) is 0 Å². The van der Waals surface area contributed by atoms with Crippen LogP contribution in [0, 0.1) is 0 Å². The largest absolute Gasteiger partial charge is 0.497 e. The van der Waals surface area contributed by atoms with Gasteiger partial charge in [0, 0.05) is 29.0 Å². The molecule has 0 aliphatic rings. The van der Waals surface area contributed by atoms with Crippen molar-refractivity contribution in [2.75, 3.05) is 12.4 Å². The zero-order chi connectivity index (χ0) is 18.8. The van der Waals surface area contributed by atoms with Gasteiger partial charge in [-0.05, 0) is 48.5 Å². The Balaban J connectivity index is 1.88. The zero-order valence-corrected chi connectivity index (χ0v) is 15.8. The second-order valence-corrected chi connectivity index (χ2v) is 6.59. The summed E-state index contributed by atoms with van der Waals surface area (Å²) in [6.07, 6.45) is 3.44. The second-order valence-electron chi connectivity index (χ2n) is 5.77. The van der Waals surface area contributed by atoms with E-state index in [0.717, 1.165) is 27.9 Å². The van der Waals surface area contributed by atoms with Gasteiger partial charge in [0.2, 0.25) is 0 Å². The quantitative estimate of drug-likeness (QED) is 0.475. The number of rotatable bonds is 4. The number of hydrogen-bond acceptors (Lipinski definition) is 5. The third-order valence-corrected chi connectivity index (χ3v) is 4.74. The van der Waals surface area contributed by atoms with E-state index < -0.39 is 0 Å². The van der Waals surface area contributed by atoms with Gasteiger partial charge in [-0.25, -0.2) is 9.97 Å². The summed E-state index contributed by atoms with van der Waals surface area (Å²) >= 11 is 12.2. The monoisotopic (exact) mass is 396 g/mol. The van der Waals surface area contributed by atoms with Crippen LogP contribution in [-0.4, -0.2) is 22.1 Å². The summed E-state index contributed by atoms with van der Waals surface area (Å²) in [5.74, 6) is 1.93. The van der Waals surface area contributed by atoms with Gasteiger partial charge in [-0.1, -0.05) is 23.2 Å². The molecule has 0 fully saturated rings. The van der Waals surface area contributed by atoms with Gasteiger partial charge in [0.1, 0.15) is 11.6 Å². The van der Waals surface area contributed by atoms with Crippen LogP contribution in [0.15, 0.2) is 60.9 Å². The minimum atomic E-state index is 0.463. The number of pyridine rings is 1. The van der Waals surface area contributed by atoms with Gasteiger partial charge in [0.05, 0.1) is 22.7 Å². The van der Waals surface area contributed by atoms with Gasteiger partial charge in [0.25, 0.3) is 0 Å². The Bertz CT molecular complexity index is 1120. The third kappa shape index (κ3) is 3.65. The van der Waals surface area contributed by atoms with Crippen LogP contribution in [0.4, 0.5) is 11.5 Å². The molecule has 27 heavy (non-hydrogen) atoms. The maximum absolute atomic E-state index is 6.14. The highest BCUT2D eigenvalue weighted by atomic mass is 35.5. The lowest BCUT2D eigenvalue weighted by Gasteiger charge is -2.12. The van der Waals surface area contributed by atoms with Gasteiger partial charge >= 0.3 is 0 Å². The van der Waals surface area contributed by atoms with Gasteiger partial charge < -0.3 is 10.1 Å². The van der Waals surface area contributed by atoms with E-state index in [4.69, 9.17) is 32.9 Å². The van der Waals surface area contributed by atoms with Crippen molar-refractivity contribution in [1.82, 2.24) is 15.0 Å². The fourth-order valence-electron chi connectivity index (χ4n) is 2.66. The first-order chi connectivity index (χ1) is 13.1. The Kier molecular flexibility index (Phi) is 4.79. The van der Waals surface area contributed by atoms with E-state index in [1.807, 2.05) is 36.4 Å². The van der Waals surface area contributed by atoms with Gasteiger partial charge in [-0.2, -0.15) is 0 Å². The highest BCUT2D eigenvalue weighted by Crippen LogP contribution is 2.32. The molecule has 2 heterocycles. The molecular weight excluding hydrogens is 383 g/mol. The fourth-order valence-corrected chi connectivity index (χ4v) is 2.96. The molecule has 5 nitrogen and oxygen atoms in total. The van der Waals surface area contributed by atoms with Crippen LogP contribution in [0.2, 0.25) is 10.0 Å². The standard InChI is InChI=1S/C20H14Cl2N4O/c1-27-14-5-7-18-15(10-14)20(24-13-4-6-16(21)17(22)9-13)26-19(25-18)12-3-2-8-23-11-12/h2-11H,1H3,(H,24,25,26). The number of halogens is 2. The number of nitrogens with one attached hydrogen (secondary N) is 1. The summed E-state index contributed by atoms with van der Waals surface area (Å²) < 4.78 is 5.35. The Morgan fingerprint density at radius 3 is 2.59 bits per heavy atom. The van der Waals surface area contributed by atoms with Crippen molar-refractivity contribution >= 4 is 45.6 Å². The highest BCUT2D eigenvalue weighted by Gasteiger charge is 2.12. The molecule has 0 spiro atoms. The molecule has 0 unspecified atom stereocenters. The second kappa shape index (κ2) is 7.39. The van der Waals surface area contributed by atoms with Crippen molar-refractivity contribution in [2.24, 2.45) is 0 Å². The summed E-state index contributed by atoms with van der Waals surface area (Å²) in [4.78, 5) is 13.5. The fraction of sp³-hybridized carbons (Fsp3) is 0.0500. The number of anilines is 2. The Morgan fingerprint density at radius 2 is 1.85 bits per heavy atom. The topological polar surface area (TPSA) is 59.9 Å². The maximum atomic E-state index is 6.14. The minimum Gasteiger partial charge on any atom is -0.497 e. The summed E-state index contributed by atoms with van der Waals surface area (Å²) in [5, 5.41) is 5.09. The molecule has 0 aliphatic carbocycles. The van der Waals surface area contributed by atoms with Crippen molar-refractivity contribution in [3.8, 4) is 17.1 Å². The average molecular weight is 397 g/mol. The number of methoxy groups -OCH3 is 1. The molecule has 0 atom stereocenters. The zero-order valence-electron chi connectivity index (χ0n) is 14.3. The minimum absolute atomic E-state index is 0.463. The molecule has 0 aliphatic heterocycles. The predicted octanol–water partition coefficient (Wildman–Crippen LogP) is 5.75. The molecule has 1 N–H and O–H groups in total. The first-order valence-electron chi connectivity index (χ1n) is 8.12. The molecule has 0 radical (unpaired) electrons. The van der Waals surface area contributed by atoms with Crippen LogP contribution >= 0.6 is 23.2 Å². The van der Waals surface area contributed by atoms with Crippen molar-refractivity contribution in [3.05, 3.63) is 71.0 Å². The van der Waals surface area contributed by atoms with Crippen molar-refractivity contribution in [1.29, 1.82) is 0 Å². The molecule has 2 aromatic heterocycles. The van der Waals surface area contributed by atoms with E-state index in [0.29, 0.717) is 21.7 Å². The van der Waals surface area contributed by atoms with Gasteiger partial charge in [-0.15, -0.1) is 0 Å². The van der Waals surface area contributed by atoms with E-state index in [-0.39, 0.29) is 0 Å². The van der Waals surface area contributed by atoms with E-state index in [1.54, 1.807) is 31.6 Å². The molecule has 4 rings (SSSR count). The average Bonchev–Trinajstić information content (AvgIpc) is 2.71. The van der Waals surface area contributed by atoms with Crippen LogP contribution in [0.25, 0.3) is 22.3 Å². The lowest BCUT2D eigenvalue weighted by atomic mass is 10.2. The molecule has 4 aromatic rings. The smallest absolute Gasteiger partial charge is 0.163 e. The summed E-state index contributed by atoms with van der Waals surface area (Å²) in [7, 11) is 1.62.